The van der Waals surface area contributed by atoms with E-state index in [1.54, 1.807) is 0 Å². The number of rotatable bonds is 10. The first-order valence-corrected chi connectivity index (χ1v) is 7.00. The normalized spacial score (nSPS) is 11.1. The third-order valence-corrected chi connectivity index (χ3v) is 2.68. The summed E-state index contributed by atoms with van der Waals surface area (Å²) < 4.78 is 34.3. The molecular weight excluding hydrogens is 349 g/mol. The molecule has 92 valence electrons. The van der Waals surface area contributed by atoms with Gasteiger partial charge in [0, 0.05) is 0 Å². The van der Waals surface area contributed by atoms with Crippen molar-refractivity contribution in [2.75, 3.05) is 6.61 Å². The third kappa shape index (κ3) is 18.3. The van der Waals surface area contributed by atoms with Crippen molar-refractivity contribution >= 4 is 10.4 Å². The van der Waals surface area contributed by atoms with Crippen LogP contribution in [0.4, 0.5) is 0 Å². The van der Waals surface area contributed by atoms with Crippen LogP contribution in [-0.2, 0) is 14.6 Å². The summed E-state index contributed by atoms with van der Waals surface area (Å²) in [6, 6.07) is 0. The Morgan fingerprint density at radius 3 is 1.81 bits per heavy atom. The molecule has 0 aromatic heterocycles. The van der Waals surface area contributed by atoms with Crippen LogP contribution >= 0.6 is 0 Å². The quantitative estimate of drug-likeness (QED) is 0.299. The first kappa shape index (κ1) is 20.2. The molecule has 16 heavy (non-hydrogen) atoms. The minimum absolute atomic E-state index is 0. The zero-order valence-corrected chi connectivity index (χ0v) is 17.5. The van der Waals surface area contributed by atoms with Crippen molar-refractivity contribution in [2.24, 2.45) is 0 Å². The maximum absolute atomic E-state index is 10.1. The van der Waals surface area contributed by atoms with E-state index < -0.39 is 10.4 Å². The summed E-state index contributed by atoms with van der Waals surface area (Å²) in [6.45, 7) is 2.21. The Morgan fingerprint density at radius 2 is 1.38 bits per heavy atom. The van der Waals surface area contributed by atoms with E-state index >= 15 is 0 Å². The molecule has 0 aliphatic heterocycles. The van der Waals surface area contributed by atoms with Gasteiger partial charge in [-0.3, -0.25) is 4.18 Å². The van der Waals surface area contributed by atoms with Gasteiger partial charge in [0.25, 0.3) is 0 Å². The molecule has 0 amide bonds. The van der Waals surface area contributed by atoms with Crippen LogP contribution < -0.4 is 68.9 Å². The summed E-state index contributed by atoms with van der Waals surface area (Å²) in [5.41, 5.74) is 0. The van der Waals surface area contributed by atoms with E-state index in [1.807, 2.05) is 0 Å². The average molecular weight is 370 g/mol. The number of hydrogen-bond acceptors (Lipinski definition) is 4. The molecule has 0 aliphatic carbocycles. The topological polar surface area (TPSA) is 66.4 Å². The van der Waals surface area contributed by atoms with Gasteiger partial charge in [-0.1, -0.05) is 51.9 Å². The molecule has 0 rings (SSSR count). The molecule has 6 heteroatoms. The Morgan fingerprint density at radius 1 is 0.938 bits per heavy atom. The van der Waals surface area contributed by atoms with Crippen LogP contribution in [0.3, 0.4) is 0 Å². The molecule has 0 saturated heterocycles. The molecule has 0 bridgehead atoms. The minimum Gasteiger partial charge on any atom is -0.726 e. The van der Waals surface area contributed by atoms with Gasteiger partial charge in [0.2, 0.25) is 10.4 Å². The summed E-state index contributed by atoms with van der Waals surface area (Å²) in [5.74, 6) is 0. The fraction of sp³-hybridized carbons (Fsp3) is 1.00. The van der Waals surface area contributed by atoms with Crippen LogP contribution in [0.15, 0.2) is 0 Å². The van der Waals surface area contributed by atoms with Gasteiger partial charge in [-0.2, -0.15) is 0 Å². The van der Waals surface area contributed by atoms with Crippen molar-refractivity contribution in [3.8, 4) is 0 Å². The van der Waals surface area contributed by atoms with Gasteiger partial charge in [-0.05, 0) is 6.42 Å². The molecule has 0 aliphatic rings. The van der Waals surface area contributed by atoms with Crippen LogP contribution in [0, 0.1) is 0 Å². The molecule has 4 nitrogen and oxygen atoms in total. The summed E-state index contributed by atoms with van der Waals surface area (Å²) >= 11 is 0. The van der Waals surface area contributed by atoms with E-state index in [0.29, 0.717) is 6.42 Å². The van der Waals surface area contributed by atoms with Crippen LogP contribution in [0.25, 0.3) is 0 Å². The summed E-state index contributed by atoms with van der Waals surface area (Å²) in [5, 5.41) is 0. The van der Waals surface area contributed by atoms with Crippen LogP contribution in [0.1, 0.15) is 58.3 Å². The molecule has 0 N–H and O–H groups in total. The van der Waals surface area contributed by atoms with Gasteiger partial charge in [0.05, 0.1) is 6.61 Å². The Balaban J connectivity index is 0. The fourth-order valence-electron chi connectivity index (χ4n) is 1.40. The van der Waals surface area contributed by atoms with E-state index in [2.05, 4.69) is 11.1 Å². The first-order chi connectivity index (χ1) is 7.06. The summed E-state index contributed by atoms with van der Waals surface area (Å²) in [7, 11) is -4.48. The van der Waals surface area contributed by atoms with Crippen molar-refractivity contribution in [3.05, 3.63) is 0 Å². The minimum atomic E-state index is -4.48. The Bertz CT molecular complexity index is 229. The average Bonchev–Trinajstić information content (AvgIpc) is 2.14. The fourth-order valence-corrected chi connectivity index (χ4v) is 1.72. The van der Waals surface area contributed by atoms with E-state index in [0.717, 1.165) is 12.8 Å². The molecule has 0 fully saturated rings. The maximum Gasteiger partial charge on any atom is 1.00 e. The van der Waals surface area contributed by atoms with Crippen LogP contribution in [0.5, 0.6) is 0 Å². The van der Waals surface area contributed by atoms with E-state index in [4.69, 9.17) is 0 Å². The Hall–Kier alpha value is 1.92. The zero-order valence-electron chi connectivity index (χ0n) is 10.4. The molecule has 0 aromatic rings. The van der Waals surface area contributed by atoms with Gasteiger partial charge in [0.1, 0.15) is 0 Å². The second-order valence-electron chi connectivity index (χ2n) is 3.71. The molecule has 0 spiro atoms. The molecule has 0 radical (unpaired) electrons. The van der Waals surface area contributed by atoms with Crippen molar-refractivity contribution in [3.63, 3.8) is 0 Å². The van der Waals surface area contributed by atoms with Gasteiger partial charge < -0.3 is 4.55 Å². The number of unbranched alkanes of at least 4 members (excludes halogenated alkanes) is 7. The Labute approximate surface area is 158 Å². The smallest absolute Gasteiger partial charge is 0.726 e. The first-order valence-electron chi connectivity index (χ1n) is 5.66. The molecule has 0 aromatic carbocycles. The van der Waals surface area contributed by atoms with Gasteiger partial charge >= 0.3 is 68.9 Å². The van der Waals surface area contributed by atoms with Gasteiger partial charge in [-0.15, -0.1) is 0 Å². The van der Waals surface area contributed by atoms with Crippen molar-refractivity contribution in [1.82, 2.24) is 0 Å². The molecule has 0 heterocycles. The van der Waals surface area contributed by atoms with Gasteiger partial charge in [0.15, 0.2) is 0 Å². The van der Waals surface area contributed by atoms with Crippen molar-refractivity contribution in [1.29, 1.82) is 0 Å². The standard InChI is InChI=1S/C10H22O4S.Cs/c1-2-3-4-5-6-7-8-9-10-14-15(11,12)13;/h2-10H2,1H3,(H,11,12,13);/q;+1/p-1. The van der Waals surface area contributed by atoms with E-state index in [-0.39, 0.29) is 75.5 Å². The van der Waals surface area contributed by atoms with E-state index in [9.17, 15) is 13.0 Å². The van der Waals surface area contributed by atoms with Crippen molar-refractivity contribution < 1.29 is 86.0 Å². The number of hydrogen-bond donors (Lipinski definition) is 0. The zero-order chi connectivity index (χ0) is 11.6. The maximum atomic E-state index is 10.1. The molecular formula is C10H21CsO4S. The summed E-state index contributed by atoms with van der Waals surface area (Å²) in [4.78, 5) is 0. The van der Waals surface area contributed by atoms with Crippen LogP contribution in [0.2, 0.25) is 0 Å². The SMILES string of the molecule is CCCCCCCCCCOS(=O)(=O)[O-].[Cs+]. The molecule has 0 saturated carbocycles. The predicted octanol–water partition coefficient (Wildman–Crippen LogP) is -0.392. The second-order valence-corrected chi connectivity index (χ2v) is 4.76. The monoisotopic (exact) mass is 370 g/mol. The van der Waals surface area contributed by atoms with E-state index in [1.165, 1.54) is 32.1 Å². The third-order valence-electron chi connectivity index (χ3n) is 2.23. The Kier molecular flexibility index (Phi) is 16.9. The molecule has 0 unspecified atom stereocenters. The van der Waals surface area contributed by atoms with Crippen molar-refractivity contribution in [2.45, 2.75) is 58.3 Å². The largest absolute Gasteiger partial charge is 1.00 e. The summed E-state index contributed by atoms with van der Waals surface area (Å²) in [6.07, 6.45) is 8.91. The van der Waals surface area contributed by atoms with Crippen LogP contribution in [-0.4, -0.2) is 19.6 Å². The van der Waals surface area contributed by atoms with Gasteiger partial charge in [-0.25, -0.2) is 8.42 Å². The molecule has 0 atom stereocenters. The second kappa shape index (κ2) is 13.4. The predicted molar refractivity (Wildman–Crippen MR) is 58.3 cm³/mol.